The van der Waals surface area contributed by atoms with Crippen LogP contribution in [0.25, 0.3) is 0 Å². The van der Waals surface area contributed by atoms with Gasteiger partial charge < -0.3 is 4.74 Å². The minimum Gasteiger partial charge on any atom is -0.494 e. The molecule has 1 heterocycles. The van der Waals surface area contributed by atoms with Crippen LogP contribution < -0.4 is 4.74 Å². The summed E-state index contributed by atoms with van der Waals surface area (Å²) in [6.45, 7) is 5.36. The molecule has 0 amide bonds. The lowest BCUT2D eigenvalue weighted by Crippen LogP contribution is -2.14. The topological polar surface area (TPSA) is 9.23 Å². The van der Waals surface area contributed by atoms with Gasteiger partial charge in [-0.05, 0) is 48.0 Å². The molecule has 0 bridgehead atoms. The van der Waals surface area contributed by atoms with Crippen molar-refractivity contribution >= 4 is 23.5 Å². The number of benzene rings is 1. The van der Waals surface area contributed by atoms with E-state index in [4.69, 9.17) is 4.74 Å². The van der Waals surface area contributed by atoms with E-state index in [1.807, 2.05) is 0 Å². The Morgan fingerprint density at radius 3 is 2.22 bits per heavy atom. The molecule has 2 rings (SSSR count). The van der Waals surface area contributed by atoms with Gasteiger partial charge in [0.2, 0.25) is 0 Å². The van der Waals surface area contributed by atoms with Crippen molar-refractivity contribution in [2.45, 2.75) is 63.4 Å². The van der Waals surface area contributed by atoms with E-state index >= 15 is 0 Å². The van der Waals surface area contributed by atoms with E-state index in [9.17, 15) is 0 Å². The van der Waals surface area contributed by atoms with Crippen molar-refractivity contribution in [2.24, 2.45) is 5.92 Å². The molecule has 1 fully saturated rings. The van der Waals surface area contributed by atoms with Crippen molar-refractivity contribution in [3.05, 3.63) is 29.8 Å². The van der Waals surface area contributed by atoms with Gasteiger partial charge in [-0.1, -0.05) is 58.1 Å². The highest BCUT2D eigenvalue weighted by molar-refractivity contribution is 8.16. The molecule has 0 aliphatic carbocycles. The van der Waals surface area contributed by atoms with Crippen LogP contribution in [-0.4, -0.2) is 18.1 Å². The van der Waals surface area contributed by atoms with Crippen molar-refractivity contribution < 1.29 is 4.74 Å². The Morgan fingerprint density at radius 1 is 0.913 bits per heavy atom. The highest BCUT2D eigenvalue weighted by Gasteiger charge is 2.23. The number of unbranched alkanes of at least 4 members (excludes halogenated alkanes) is 4. The van der Waals surface area contributed by atoms with Gasteiger partial charge in [0.05, 0.1) is 11.2 Å². The molecule has 23 heavy (non-hydrogen) atoms. The fourth-order valence-electron chi connectivity index (χ4n) is 2.85. The fourth-order valence-corrected chi connectivity index (χ4v) is 6.02. The lowest BCUT2D eigenvalue weighted by atomic mass is 10.1. The van der Waals surface area contributed by atoms with Crippen LogP contribution >= 0.6 is 23.5 Å². The molecular formula is C20H32OS2. The van der Waals surface area contributed by atoms with Crippen LogP contribution in [0.5, 0.6) is 5.75 Å². The van der Waals surface area contributed by atoms with Crippen molar-refractivity contribution in [2.75, 3.05) is 18.1 Å². The number of rotatable bonds is 10. The second-order valence-electron chi connectivity index (χ2n) is 6.49. The smallest absolute Gasteiger partial charge is 0.119 e. The third-order valence-electron chi connectivity index (χ3n) is 4.35. The van der Waals surface area contributed by atoms with Crippen LogP contribution in [0.1, 0.15) is 68.9 Å². The Morgan fingerprint density at radius 2 is 1.57 bits per heavy atom. The minimum atomic E-state index is 0.617. The molecule has 1 aliphatic rings. The van der Waals surface area contributed by atoms with Crippen LogP contribution in [-0.2, 0) is 0 Å². The lowest BCUT2D eigenvalue weighted by Gasteiger charge is -2.28. The highest BCUT2D eigenvalue weighted by atomic mass is 32.2. The molecule has 0 unspecified atom stereocenters. The summed E-state index contributed by atoms with van der Waals surface area (Å²) in [5, 5.41) is 0. The summed E-state index contributed by atoms with van der Waals surface area (Å²) >= 11 is 4.27. The summed E-state index contributed by atoms with van der Waals surface area (Å²) < 4.78 is 6.43. The van der Waals surface area contributed by atoms with Crippen molar-refractivity contribution in [1.82, 2.24) is 0 Å². The first-order valence-electron chi connectivity index (χ1n) is 9.29. The van der Waals surface area contributed by atoms with Gasteiger partial charge in [0, 0.05) is 0 Å². The summed E-state index contributed by atoms with van der Waals surface area (Å²) in [6, 6.07) is 8.82. The second kappa shape index (κ2) is 11.3. The largest absolute Gasteiger partial charge is 0.494 e. The van der Waals surface area contributed by atoms with Gasteiger partial charge in [0.1, 0.15) is 5.75 Å². The van der Waals surface area contributed by atoms with Crippen LogP contribution in [0.3, 0.4) is 0 Å². The monoisotopic (exact) mass is 352 g/mol. The van der Waals surface area contributed by atoms with Gasteiger partial charge in [0.25, 0.3) is 0 Å². The zero-order chi connectivity index (χ0) is 16.3. The van der Waals surface area contributed by atoms with Gasteiger partial charge in [-0.15, -0.1) is 23.5 Å². The average molecular weight is 353 g/mol. The van der Waals surface area contributed by atoms with E-state index < -0.39 is 0 Å². The molecule has 0 atom stereocenters. The zero-order valence-electron chi connectivity index (χ0n) is 14.8. The number of thioether (sulfide) groups is 2. The average Bonchev–Trinajstić information content (AvgIpc) is 2.60. The molecule has 0 saturated carbocycles. The standard InChI is InChI=1S/C20H32OS2/c1-3-5-7-9-17-15-22-20(23-16-17)18-10-12-19(13-11-18)21-14-8-6-4-2/h10-13,17,20H,3-9,14-16H2,1-2H3. The molecular weight excluding hydrogens is 320 g/mol. The van der Waals surface area contributed by atoms with Gasteiger partial charge in [-0.3, -0.25) is 0 Å². The molecule has 3 heteroatoms. The first-order valence-corrected chi connectivity index (χ1v) is 11.4. The number of hydrogen-bond acceptors (Lipinski definition) is 3. The van der Waals surface area contributed by atoms with E-state index in [1.54, 1.807) is 0 Å². The van der Waals surface area contributed by atoms with E-state index in [1.165, 1.54) is 55.6 Å². The molecule has 1 saturated heterocycles. The van der Waals surface area contributed by atoms with E-state index in [-0.39, 0.29) is 0 Å². The minimum absolute atomic E-state index is 0.617. The van der Waals surface area contributed by atoms with Crippen LogP contribution in [0.4, 0.5) is 0 Å². The van der Waals surface area contributed by atoms with Crippen molar-refractivity contribution in [1.29, 1.82) is 0 Å². The fraction of sp³-hybridized carbons (Fsp3) is 0.700. The number of hydrogen-bond donors (Lipinski definition) is 0. The SMILES string of the molecule is CCCCCOc1ccc(C2SCC(CCCCC)CS2)cc1. The van der Waals surface area contributed by atoms with E-state index in [0.717, 1.165) is 24.7 Å². The maximum absolute atomic E-state index is 5.81. The molecule has 0 radical (unpaired) electrons. The summed E-state index contributed by atoms with van der Waals surface area (Å²) in [4.78, 5) is 0. The first-order chi connectivity index (χ1) is 11.3. The number of ether oxygens (including phenoxy) is 1. The van der Waals surface area contributed by atoms with E-state index in [0.29, 0.717) is 4.58 Å². The molecule has 1 nitrogen and oxygen atoms in total. The summed E-state index contributed by atoms with van der Waals surface area (Å²) in [7, 11) is 0. The first kappa shape index (κ1) is 19.1. The maximum Gasteiger partial charge on any atom is 0.119 e. The molecule has 1 aromatic carbocycles. The zero-order valence-corrected chi connectivity index (χ0v) is 16.4. The quantitative estimate of drug-likeness (QED) is 0.422. The molecule has 130 valence electrons. The molecule has 0 spiro atoms. The normalized spacial score (nSPS) is 21.3. The van der Waals surface area contributed by atoms with Crippen LogP contribution in [0, 0.1) is 5.92 Å². The Hall–Kier alpha value is -0.280. The second-order valence-corrected chi connectivity index (χ2v) is 9.06. The molecule has 1 aromatic rings. The van der Waals surface area contributed by atoms with Crippen molar-refractivity contribution in [3.63, 3.8) is 0 Å². The van der Waals surface area contributed by atoms with Crippen LogP contribution in [0.2, 0.25) is 0 Å². The van der Waals surface area contributed by atoms with E-state index in [2.05, 4.69) is 61.6 Å². The van der Waals surface area contributed by atoms with Gasteiger partial charge in [0.15, 0.2) is 0 Å². The van der Waals surface area contributed by atoms with Gasteiger partial charge in [-0.25, -0.2) is 0 Å². The predicted octanol–water partition coefficient (Wildman–Crippen LogP) is 6.93. The Kier molecular flexibility index (Phi) is 9.36. The maximum atomic E-state index is 5.81. The Balaban J connectivity index is 1.71. The summed E-state index contributed by atoms with van der Waals surface area (Å²) in [5.74, 6) is 4.61. The highest BCUT2D eigenvalue weighted by Crippen LogP contribution is 2.46. The predicted molar refractivity (Wildman–Crippen MR) is 107 cm³/mol. The summed E-state index contributed by atoms with van der Waals surface area (Å²) in [5.41, 5.74) is 1.45. The van der Waals surface area contributed by atoms with Gasteiger partial charge in [-0.2, -0.15) is 0 Å². The van der Waals surface area contributed by atoms with Crippen LogP contribution in [0.15, 0.2) is 24.3 Å². The lowest BCUT2D eigenvalue weighted by molar-refractivity contribution is 0.306. The Bertz CT molecular complexity index is 410. The molecule has 1 aliphatic heterocycles. The third-order valence-corrected chi connectivity index (χ3v) is 7.65. The molecule has 0 N–H and O–H groups in total. The van der Waals surface area contributed by atoms with Gasteiger partial charge >= 0.3 is 0 Å². The van der Waals surface area contributed by atoms with Crippen molar-refractivity contribution in [3.8, 4) is 5.75 Å². The Labute approximate surface area is 151 Å². The molecule has 0 aromatic heterocycles. The third kappa shape index (κ3) is 7.01. The summed E-state index contributed by atoms with van der Waals surface area (Å²) in [6.07, 6.45) is 9.23.